The van der Waals surface area contributed by atoms with Crippen LogP contribution in [0.2, 0.25) is 0 Å². The van der Waals surface area contributed by atoms with Crippen LogP contribution in [0.3, 0.4) is 0 Å². The van der Waals surface area contributed by atoms with Crippen molar-refractivity contribution in [2.45, 2.75) is 37.8 Å². The summed E-state index contributed by atoms with van der Waals surface area (Å²) in [6.45, 7) is 3.26. The molecule has 1 aliphatic carbocycles. The lowest BCUT2D eigenvalue weighted by Gasteiger charge is -2.39. The highest BCUT2D eigenvalue weighted by molar-refractivity contribution is 5.78. The normalized spacial score (nSPS) is 21.3. The number of ether oxygens (including phenoxy) is 2. The minimum atomic E-state index is -0.0587. The van der Waals surface area contributed by atoms with Gasteiger partial charge in [-0.3, -0.25) is 4.99 Å². The van der Waals surface area contributed by atoms with Crippen LogP contribution < -0.4 is 11.1 Å². The van der Waals surface area contributed by atoms with E-state index in [0.29, 0.717) is 19.1 Å². The lowest BCUT2D eigenvalue weighted by molar-refractivity contribution is -0.0630. The molecule has 1 saturated carbocycles. The molecule has 3 N–H and O–H groups in total. The Kier molecular flexibility index (Phi) is 5.02. The molecule has 0 aromatic rings. The van der Waals surface area contributed by atoms with Crippen molar-refractivity contribution in [3.63, 3.8) is 0 Å². The number of hydrogen-bond donors (Lipinski definition) is 2. The second kappa shape index (κ2) is 6.06. The SMILES string of the molecule is COCC(C)NC(N)=NCC1(OC)CCC1. The highest BCUT2D eigenvalue weighted by Crippen LogP contribution is 2.35. The van der Waals surface area contributed by atoms with E-state index in [1.807, 2.05) is 6.92 Å². The van der Waals surface area contributed by atoms with Gasteiger partial charge in [0.25, 0.3) is 0 Å². The topological polar surface area (TPSA) is 68.9 Å². The number of hydrogen-bond acceptors (Lipinski definition) is 3. The third-order valence-electron chi connectivity index (χ3n) is 3.05. The van der Waals surface area contributed by atoms with Crippen molar-refractivity contribution in [2.24, 2.45) is 10.7 Å². The molecule has 0 aromatic heterocycles. The molecule has 1 unspecified atom stereocenters. The molecular weight excluding hydrogens is 206 g/mol. The van der Waals surface area contributed by atoms with Gasteiger partial charge in [-0.05, 0) is 26.2 Å². The Morgan fingerprint density at radius 1 is 1.50 bits per heavy atom. The molecule has 1 rings (SSSR count). The van der Waals surface area contributed by atoms with Gasteiger partial charge in [-0.1, -0.05) is 0 Å². The lowest BCUT2D eigenvalue weighted by Crippen LogP contribution is -2.45. The van der Waals surface area contributed by atoms with Crippen molar-refractivity contribution in [2.75, 3.05) is 27.4 Å². The minimum absolute atomic E-state index is 0.0587. The highest BCUT2D eigenvalue weighted by atomic mass is 16.5. The first-order chi connectivity index (χ1) is 7.62. The highest BCUT2D eigenvalue weighted by Gasteiger charge is 2.36. The zero-order valence-corrected chi connectivity index (χ0v) is 10.5. The third kappa shape index (κ3) is 3.64. The Morgan fingerprint density at radius 2 is 2.19 bits per heavy atom. The zero-order valence-electron chi connectivity index (χ0n) is 10.5. The molecule has 94 valence electrons. The van der Waals surface area contributed by atoms with Crippen molar-refractivity contribution in [3.05, 3.63) is 0 Å². The van der Waals surface area contributed by atoms with E-state index in [-0.39, 0.29) is 11.6 Å². The fourth-order valence-corrected chi connectivity index (χ4v) is 1.82. The first-order valence-corrected chi connectivity index (χ1v) is 5.72. The van der Waals surface area contributed by atoms with Gasteiger partial charge < -0.3 is 20.5 Å². The summed E-state index contributed by atoms with van der Waals surface area (Å²) in [7, 11) is 3.41. The fourth-order valence-electron chi connectivity index (χ4n) is 1.82. The molecular formula is C11H23N3O2. The number of methoxy groups -OCH3 is 2. The Labute approximate surface area is 97.4 Å². The Bertz CT molecular complexity index is 234. The molecule has 0 amide bonds. The summed E-state index contributed by atoms with van der Waals surface area (Å²) in [5.41, 5.74) is 5.71. The quantitative estimate of drug-likeness (QED) is 0.514. The molecule has 5 nitrogen and oxygen atoms in total. The van der Waals surface area contributed by atoms with Gasteiger partial charge in [0.1, 0.15) is 0 Å². The smallest absolute Gasteiger partial charge is 0.188 e. The molecule has 0 bridgehead atoms. The Hall–Kier alpha value is -0.810. The summed E-state index contributed by atoms with van der Waals surface area (Å²) in [6.07, 6.45) is 3.37. The van der Waals surface area contributed by atoms with Crippen molar-refractivity contribution in [3.8, 4) is 0 Å². The maximum absolute atomic E-state index is 5.77. The van der Waals surface area contributed by atoms with E-state index in [2.05, 4.69) is 10.3 Å². The molecule has 1 aliphatic rings. The van der Waals surface area contributed by atoms with Crippen molar-refractivity contribution in [1.82, 2.24) is 5.32 Å². The standard InChI is InChI=1S/C11H23N3O2/c1-9(7-15-2)14-10(12)13-8-11(16-3)5-4-6-11/h9H,4-8H2,1-3H3,(H3,12,13,14). The molecule has 0 radical (unpaired) electrons. The maximum Gasteiger partial charge on any atom is 0.188 e. The molecule has 16 heavy (non-hydrogen) atoms. The van der Waals surface area contributed by atoms with Gasteiger partial charge in [0, 0.05) is 20.3 Å². The minimum Gasteiger partial charge on any atom is -0.383 e. The number of rotatable bonds is 6. The van der Waals surface area contributed by atoms with Crippen LogP contribution in [-0.2, 0) is 9.47 Å². The van der Waals surface area contributed by atoms with E-state index in [9.17, 15) is 0 Å². The Morgan fingerprint density at radius 3 is 2.62 bits per heavy atom. The molecule has 0 aliphatic heterocycles. The van der Waals surface area contributed by atoms with E-state index < -0.39 is 0 Å². The van der Waals surface area contributed by atoms with Gasteiger partial charge >= 0.3 is 0 Å². The van der Waals surface area contributed by atoms with Gasteiger partial charge in [-0.15, -0.1) is 0 Å². The average Bonchev–Trinajstić information content (AvgIpc) is 2.17. The number of nitrogens with one attached hydrogen (secondary N) is 1. The lowest BCUT2D eigenvalue weighted by atomic mass is 9.80. The van der Waals surface area contributed by atoms with Crippen LogP contribution in [0, 0.1) is 0 Å². The van der Waals surface area contributed by atoms with Crippen molar-refractivity contribution >= 4 is 5.96 Å². The monoisotopic (exact) mass is 229 g/mol. The Balaban J connectivity index is 2.32. The van der Waals surface area contributed by atoms with E-state index in [0.717, 1.165) is 12.8 Å². The van der Waals surface area contributed by atoms with Gasteiger partial charge in [-0.2, -0.15) is 0 Å². The largest absolute Gasteiger partial charge is 0.383 e. The van der Waals surface area contributed by atoms with Crippen LogP contribution in [0.25, 0.3) is 0 Å². The van der Waals surface area contributed by atoms with Crippen LogP contribution in [0.4, 0.5) is 0 Å². The molecule has 1 fully saturated rings. The fraction of sp³-hybridized carbons (Fsp3) is 0.909. The molecule has 1 atom stereocenters. The van der Waals surface area contributed by atoms with Gasteiger partial charge in [0.2, 0.25) is 0 Å². The van der Waals surface area contributed by atoms with Crippen LogP contribution >= 0.6 is 0 Å². The van der Waals surface area contributed by atoms with E-state index in [4.69, 9.17) is 15.2 Å². The van der Waals surface area contributed by atoms with E-state index >= 15 is 0 Å². The molecule has 0 spiro atoms. The summed E-state index contributed by atoms with van der Waals surface area (Å²) >= 11 is 0. The number of guanidine groups is 1. The average molecular weight is 229 g/mol. The van der Waals surface area contributed by atoms with Crippen LogP contribution in [0.15, 0.2) is 4.99 Å². The summed E-state index contributed by atoms with van der Waals surface area (Å²) in [6, 6.07) is 0.175. The van der Waals surface area contributed by atoms with E-state index in [1.54, 1.807) is 14.2 Å². The summed E-state index contributed by atoms with van der Waals surface area (Å²) in [5, 5.41) is 3.07. The number of nitrogens with two attached hydrogens (primary N) is 1. The van der Waals surface area contributed by atoms with Gasteiger partial charge in [0.15, 0.2) is 5.96 Å². The van der Waals surface area contributed by atoms with E-state index in [1.165, 1.54) is 6.42 Å². The van der Waals surface area contributed by atoms with Crippen LogP contribution in [0.5, 0.6) is 0 Å². The first kappa shape index (κ1) is 13.3. The second-order valence-corrected chi connectivity index (χ2v) is 4.44. The third-order valence-corrected chi connectivity index (χ3v) is 3.05. The first-order valence-electron chi connectivity index (χ1n) is 5.72. The molecule has 0 aromatic carbocycles. The summed E-state index contributed by atoms with van der Waals surface area (Å²) in [4.78, 5) is 4.31. The predicted molar refractivity (Wildman–Crippen MR) is 64.6 cm³/mol. The van der Waals surface area contributed by atoms with Gasteiger partial charge in [0.05, 0.1) is 18.8 Å². The summed E-state index contributed by atoms with van der Waals surface area (Å²) < 4.78 is 10.5. The van der Waals surface area contributed by atoms with Crippen LogP contribution in [-0.4, -0.2) is 45.0 Å². The van der Waals surface area contributed by atoms with Crippen molar-refractivity contribution in [1.29, 1.82) is 0 Å². The van der Waals surface area contributed by atoms with Crippen molar-refractivity contribution < 1.29 is 9.47 Å². The van der Waals surface area contributed by atoms with Crippen LogP contribution in [0.1, 0.15) is 26.2 Å². The molecule has 0 heterocycles. The molecule has 5 heteroatoms. The predicted octanol–water partition coefficient (Wildman–Crippen LogP) is 0.495. The summed E-state index contributed by atoms with van der Waals surface area (Å²) in [5.74, 6) is 0.466. The zero-order chi connectivity index (χ0) is 12.0. The van der Waals surface area contributed by atoms with Gasteiger partial charge in [-0.25, -0.2) is 0 Å². The second-order valence-electron chi connectivity index (χ2n) is 4.44. The number of aliphatic imine (C=N–C) groups is 1. The molecule has 0 saturated heterocycles. The number of nitrogens with zero attached hydrogens (tertiary/aromatic N) is 1. The maximum atomic E-state index is 5.77.